The normalized spacial score (nSPS) is 18.9. The third-order valence-electron chi connectivity index (χ3n) is 8.70. The van der Waals surface area contributed by atoms with Gasteiger partial charge in [-0.15, -0.1) is 0 Å². The van der Waals surface area contributed by atoms with Gasteiger partial charge in [0.1, 0.15) is 0 Å². The van der Waals surface area contributed by atoms with Gasteiger partial charge in [0.25, 0.3) is 0 Å². The predicted octanol–water partition coefficient (Wildman–Crippen LogP) is 4.01. The van der Waals surface area contributed by atoms with Crippen molar-refractivity contribution in [2.24, 2.45) is 13.0 Å². The lowest BCUT2D eigenvalue weighted by atomic mass is 10.00. The number of fused-ring (bicyclic) bond motifs is 1. The van der Waals surface area contributed by atoms with Gasteiger partial charge in [0, 0.05) is 75.2 Å². The van der Waals surface area contributed by atoms with Gasteiger partial charge in [-0.1, -0.05) is 12.1 Å². The Morgan fingerprint density at radius 3 is 2.63 bits per heavy atom. The zero-order valence-electron chi connectivity index (χ0n) is 26.1. The molecule has 0 bridgehead atoms. The second-order valence-corrected chi connectivity index (χ2v) is 12.2. The maximum absolute atomic E-state index is 14.0. The van der Waals surface area contributed by atoms with Crippen LogP contribution in [0, 0.1) is 5.92 Å². The Hall–Kier alpha value is -3.98. The van der Waals surface area contributed by atoms with Crippen LogP contribution in [0.15, 0.2) is 48.7 Å². The molecule has 6 rings (SSSR count). The number of hydrogen-bond acceptors (Lipinski definition) is 10. The highest BCUT2D eigenvalue weighted by Crippen LogP contribution is 2.35. The van der Waals surface area contributed by atoms with Crippen molar-refractivity contribution in [1.82, 2.24) is 34.9 Å². The van der Waals surface area contributed by atoms with E-state index in [0.29, 0.717) is 30.8 Å². The first-order chi connectivity index (χ1) is 22.1. The van der Waals surface area contributed by atoms with Crippen molar-refractivity contribution in [3.05, 3.63) is 59.8 Å². The Morgan fingerprint density at radius 1 is 1.04 bits per heavy atom. The van der Waals surface area contributed by atoms with E-state index >= 15 is 0 Å². The van der Waals surface area contributed by atoms with Crippen LogP contribution in [0.5, 0.6) is 0 Å². The Bertz CT molecular complexity index is 1630. The molecule has 246 valence electrons. The number of anilines is 3. The smallest absolute Gasteiger partial charge is 0.357 e. The van der Waals surface area contributed by atoms with Crippen LogP contribution in [0.3, 0.4) is 0 Å². The van der Waals surface area contributed by atoms with Gasteiger partial charge in [0.15, 0.2) is 5.82 Å². The van der Waals surface area contributed by atoms with Gasteiger partial charge >= 0.3 is 6.18 Å². The predicted molar refractivity (Wildman–Crippen MR) is 173 cm³/mol. The molecule has 2 aliphatic rings. The van der Waals surface area contributed by atoms with Crippen molar-refractivity contribution in [2.75, 3.05) is 68.8 Å². The molecule has 0 aliphatic carbocycles. The highest BCUT2D eigenvalue weighted by molar-refractivity contribution is 5.84. The third-order valence-corrected chi connectivity index (χ3v) is 8.70. The molecule has 4 heterocycles. The molecule has 0 spiro atoms. The zero-order chi connectivity index (χ0) is 32.3. The number of aromatic nitrogens is 4. The van der Waals surface area contributed by atoms with E-state index in [1.54, 1.807) is 30.1 Å². The molecule has 2 fully saturated rings. The summed E-state index contributed by atoms with van der Waals surface area (Å²) in [6.45, 7) is 6.20. The number of hydrogen-bond donors (Lipinski definition) is 5. The summed E-state index contributed by atoms with van der Waals surface area (Å²) in [5, 5.41) is 28.3. The maximum atomic E-state index is 14.0. The van der Waals surface area contributed by atoms with E-state index in [0.717, 1.165) is 61.0 Å². The van der Waals surface area contributed by atoms with Crippen LogP contribution in [0.2, 0.25) is 0 Å². The number of aliphatic hydroxyl groups is 1. The average molecular weight is 639 g/mol. The van der Waals surface area contributed by atoms with Gasteiger partial charge < -0.3 is 31.3 Å². The molecular formula is C32H41F3N10O. The van der Waals surface area contributed by atoms with Crippen LogP contribution >= 0.6 is 0 Å². The monoisotopic (exact) mass is 638 g/mol. The average Bonchev–Trinajstić information content (AvgIpc) is 3.40. The number of likely N-dealkylation sites (N-methyl/N-ethyl adjacent to an activating group) is 1. The Kier molecular flexibility index (Phi) is 9.59. The van der Waals surface area contributed by atoms with Gasteiger partial charge in [-0.2, -0.15) is 18.3 Å². The number of halogens is 3. The van der Waals surface area contributed by atoms with Gasteiger partial charge in [0.05, 0.1) is 16.8 Å². The molecule has 0 amide bonds. The third kappa shape index (κ3) is 7.86. The molecule has 2 aromatic heterocycles. The second-order valence-electron chi connectivity index (χ2n) is 12.2. The van der Waals surface area contributed by atoms with Crippen LogP contribution in [0.4, 0.5) is 30.6 Å². The Labute approximate surface area is 266 Å². The van der Waals surface area contributed by atoms with Crippen molar-refractivity contribution in [1.29, 1.82) is 0 Å². The first-order valence-corrected chi connectivity index (χ1v) is 15.7. The lowest BCUT2D eigenvalue weighted by Crippen LogP contribution is -2.44. The number of nitrogens with one attached hydrogen (secondary N) is 4. The molecule has 2 aliphatic heterocycles. The highest BCUT2D eigenvalue weighted by atomic mass is 19.4. The minimum absolute atomic E-state index is 0.143. The van der Waals surface area contributed by atoms with E-state index in [-0.39, 0.29) is 17.8 Å². The summed E-state index contributed by atoms with van der Waals surface area (Å²) in [7, 11) is 3.79. The fourth-order valence-electron chi connectivity index (χ4n) is 6.07. The topological polar surface area (TPSA) is 118 Å². The van der Waals surface area contributed by atoms with E-state index in [4.69, 9.17) is 0 Å². The van der Waals surface area contributed by atoms with E-state index in [1.807, 2.05) is 30.1 Å². The fourth-order valence-corrected chi connectivity index (χ4v) is 6.07. The second kappa shape index (κ2) is 13.8. The lowest BCUT2D eigenvalue weighted by molar-refractivity contribution is -0.138. The number of rotatable bonds is 10. The minimum atomic E-state index is -4.52. The Balaban J connectivity index is 1.10. The van der Waals surface area contributed by atoms with Crippen molar-refractivity contribution in [2.45, 2.75) is 31.9 Å². The number of aryl methyl sites for hydroxylation is 1. The van der Waals surface area contributed by atoms with Crippen molar-refractivity contribution >= 4 is 28.4 Å². The molecule has 2 unspecified atom stereocenters. The summed E-state index contributed by atoms with van der Waals surface area (Å²) in [5.74, 6) is 1.52. The van der Waals surface area contributed by atoms with Crippen LogP contribution < -0.4 is 21.3 Å². The van der Waals surface area contributed by atoms with Gasteiger partial charge in [-0.25, -0.2) is 9.97 Å². The van der Waals surface area contributed by atoms with Crippen molar-refractivity contribution in [3.63, 3.8) is 0 Å². The fraction of sp³-hybridized carbons (Fsp3) is 0.469. The molecule has 46 heavy (non-hydrogen) atoms. The molecular weight excluding hydrogens is 597 g/mol. The molecule has 4 aromatic rings. The van der Waals surface area contributed by atoms with Crippen molar-refractivity contribution in [3.8, 4) is 11.3 Å². The summed E-state index contributed by atoms with van der Waals surface area (Å²) in [5.41, 5.74) is 2.11. The van der Waals surface area contributed by atoms with E-state index < -0.39 is 18.1 Å². The number of benzene rings is 2. The molecule has 11 nitrogen and oxygen atoms in total. The number of piperazine rings is 1. The summed E-state index contributed by atoms with van der Waals surface area (Å²) in [6, 6.07) is 11.7. The molecule has 0 radical (unpaired) electrons. The first kappa shape index (κ1) is 32.0. The van der Waals surface area contributed by atoms with Crippen LogP contribution in [-0.4, -0.2) is 93.9 Å². The minimum Gasteiger partial charge on any atom is -0.357 e. The zero-order valence-corrected chi connectivity index (χ0v) is 26.1. The highest BCUT2D eigenvalue weighted by Gasteiger charge is 2.34. The number of nitrogens with zero attached hydrogens (tertiary/aromatic N) is 6. The van der Waals surface area contributed by atoms with Crippen LogP contribution in [0.25, 0.3) is 22.2 Å². The number of alkyl halides is 3. The standard InChI is InChI=1S/C32H41F3N10O/c1-43-10-12-45(13-11-43)20-23-5-7-25(15-26(23)32(33,34)35)39-31(46)41-29-16-28(44(2)42-29)22-6-8-27-24(14-22)19-38-30(40-27)37-18-21-4-3-9-36-17-21/h5-8,14-16,19,21,31,36,39,46H,3-4,9-13,17-18,20H2,1-2H3,(H,41,42)(H,37,38,40). The van der Waals surface area contributed by atoms with Gasteiger partial charge in [-0.3, -0.25) is 9.58 Å². The van der Waals surface area contributed by atoms with E-state index in [1.165, 1.54) is 18.9 Å². The number of aliphatic hydroxyl groups excluding tert-OH is 1. The quantitative estimate of drug-likeness (QED) is 0.163. The first-order valence-electron chi connectivity index (χ1n) is 15.7. The molecule has 5 N–H and O–H groups in total. The summed E-state index contributed by atoms with van der Waals surface area (Å²) in [6.07, 6.45) is -1.74. The summed E-state index contributed by atoms with van der Waals surface area (Å²) in [4.78, 5) is 13.4. The van der Waals surface area contributed by atoms with Crippen LogP contribution in [0.1, 0.15) is 24.0 Å². The number of piperidine rings is 1. The summed E-state index contributed by atoms with van der Waals surface area (Å²) < 4.78 is 43.7. The van der Waals surface area contributed by atoms with Gasteiger partial charge in [0.2, 0.25) is 12.3 Å². The maximum Gasteiger partial charge on any atom is 0.416 e. The molecule has 2 atom stereocenters. The van der Waals surface area contributed by atoms with Crippen LogP contribution in [-0.2, 0) is 19.8 Å². The molecule has 2 aromatic carbocycles. The van der Waals surface area contributed by atoms with Gasteiger partial charge in [-0.05, 0) is 68.7 Å². The Morgan fingerprint density at radius 2 is 1.87 bits per heavy atom. The van der Waals surface area contributed by atoms with Crippen molar-refractivity contribution < 1.29 is 18.3 Å². The lowest BCUT2D eigenvalue weighted by Gasteiger charge is -2.33. The largest absolute Gasteiger partial charge is 0.416 e. The molecule has 14 heteroatoms. The molecule has 2 saturated heterocycles. The SMILES string of the molecule is CN1CCN(Cc2ccc(NC(O)Nc3cc(-c4ccc5nc(NCC6CCCNC6)ncc5c4)n(C)n3)cc2C(F)(F)F)CC1. The summed E-state index contributed by atoms with van der Waals surface area (Å²) >= 11 is 0. The van der Waals surface area contributed by atoms with E-state index in [2.05, 4.69) is 41.2 Å². The molecule has 0 saturated carbocycles. The van der Waals surface area contributed by atoms with E-state index in [9.17, 15) is 18.3 Å².